The van der Waals surface area contributed by atoms with Crippen LogP contribution >= 0.6 is 11.6 Å². The van der Waals surface area contributed by atoms with Crippen molar-refractivity contribution >= 4 is 27.5 Å². The third-order valence-corrected chi connectivity index (χ3v) is 5.31. The van der Waals surface area contributed by atoms with Crippen LogP contribution in [-0.4, -0.2) is 24.1 Å². The number of carbonyl (C=O) groups is 1. The van der Waals surface area contributed by atoms with Crippen molar-refractivity contribution in [1.29, 1.82) is 0 Å². The fraction of sp³-hybridized carbons (Fsp3) is 0.111. The quantitative estimate of drug-likeness (QED) is 0.705. The molecule has 0 spiro atoms. The molecule has 1 amide bonds. The Kier molecular flexibility index (Phi) is 5.29. The molecular weight excluding hydrogens is 393 g/mol. The fourth-order valence-electron chi connectivity index (χ4n) is 2.53. The van der Waals surface area contributed by atoms with E-state index in [1.165, 1.54) is 47.1 Å². The van der Waals surface area contributed by atoms with Gasteiger partial charge in [0.05, 0.1) is 28.4 Å². The van der Waals surface area contributed by atoms with Gasteiger partial charge in [-0.05, 0) is 55.5 Å². The number of aryl methyl sites for hydroxylation is 1. The fourth-order valence-corrected chi connectivity index (χ4v) is 3.64. The molecule has 1 heterocycles. The molecule has 27 heavy (non-hydrogen) atoms. The lowest BCUT2D eigenvalue weighted by Gasteiger charge is -2.09. The van der Waals surface area contributed by atoms with Gasteiger partial charge in [0.25, 0.3) is 10.0 Å². The Labute approximate surface area is 160 Å². The standard InChI is InChI=1S/C18H15ClFN3O3S/c1-12-9-16(23(21-12)15-4-2-3-14(20)10-15)11-18(24)22-27(25,26)17-7-5-13(19)6-8-17/h2-10H,11H2,1H3,(H,22,24). The van der Waals surface area contributed by atoms with E-state index >= 15 is 0 Å². The number of carbonyl (C=O) groups excluding carboxylic acids is 1. The second-order valence-corrected chi connectivity index (χ2v) is 7.95. The molecule has 3 rings (SSSR count). The number of hydrogen-bond acceptors (Lipinski definition) is 4. The van der Waals surface area contributed by atoms with Crippen LogP contribution in [0, 0.1) is 12.7 Å². The molecule has 0 unspecified atom stereocenters. The van der Waals surface area contributed by atoms with Gasteiger partial charge in [-0.1, -0.05) is 17.7 Å². The maximum atomic E-state index is 13.5. The minimum Gasteiger partial charge on any atom is -0.274 e. The van der Waals surface area contributed by atoms with E-state index in [0.717, 1.165) is 0 Å². The molecule has 1 N–H and O–H groups in total. The number of halogens is 2. The Morgan fingerprint density at radius 3 is 2.56 bits per heavy atom. The van der Waals surface area contributed by atoms with Crippen molar-refractivity contribution in [3.63, 3.8) is 0 Å². The normalized spacial score (nSPS) is 11.4. The SMILES string of the molecule is Cc1cc(CC(=O)NS(=O)(=O)c2ccc(Cl)cc2)n(-c2cccc(F)c2)n1. The molecule has 6 nitrogen and oxygen atoms in total. The monoisotopic (exact) mass is 407 g/mol. The van der Waals surface area contributed by atoms with Crippen LogP contribution in [0.2, 0.25) is 5.02 Å². The summed E-state index contributed by atoms with van der Waals surface area (Å²) in [7, 11) is -4.02. The highest BCUT2D eigenvalue weighted by Crippen LogP contribution is 2.16. The topological polar surface area (TPSA) is 81.1 Å². The molecule has 1 aromatic heterocycles. The van der Waals surface area contributed by atoms with Gasteiger partial charge in [0.15, 0.2) is 0 Å². The van der Waals surface area contributed by atoms with Gasteiger partial charge >= 0.3 is 0 Å². The summed E-state index contributed by atoms with van der Waals surface area (Å²) in [5.74, 6) is -1.18. The summed E-state index contributed by atoms with van der Waals surface area (Å²) in [6.07, 6.45) is -0.246. The molecular formula is C18H15ClFN3O3S. The van der Waals surface area contributed by atoms with E-state index in [-0.39, 0.29) is 11.3 Å². The van der Waals surface area contributed by atoms with E-state index in [9.17, 15) is 17.6 Å². The lowest BCUT2D eigenvalue weighted by atomic mass is 10.2. The minimum atomic E-state index is -4.02. The van der Waals surface area contributed by atoms with Crippen LogP contribution in [0.25, 0.3) is 5.69 Å². The molecule has 3 aromatic rings. The Hall–Kier alpha value is -2.71. The van der Waals surface area contributed by atoms with Crippen LogP contribution < -0.4 is 4.72 Å². The summed E-state index contributed by atoms with van der Waals surface area (Å²) in [5.41, 5.74) is 1.48. The number of rotatable bonds is 5. The number of amides is 1. The van der Waals surface area contributed by atoms with E-state index in [4.69, 9.17) is 11.6 Å². The van der Waals surface area contributed by atoms with Crippen molar-refractivity contribution in [2.24, 2.45) is 0 Å². The van der Waals surface area contributed by atoms with E-state index in [2.05, 4.69) is 5.10 Å². The van der Waals surface area contributed by atoms with Crippen LogP contribution in [0.1, 0.15) is 11.4 Å². The average Bonchev–Trinajstić information content (AvgIpc) is 2.95. The van der Waals surface area contributed by atoms with Crippen LogP contribution in [0.3, 0.4) is 0 Å². The highest BCUT2D eigenvalue weighted by atomic mass is 35.5. The number of nitrogens with one attached hydrogen (secondary N) is 1. The first-order valence-corrected chi connectivity index (χ1v) is 9.73. The van der Waals surface area contributed by atoms with Gasteiger partial charge in [-0.2, -0.15) is 5.10 Å². The summed E-state index contributed by atoms with van der Waals surface area (Å²) in [6, 6.07) is 12.8. The van der Waals surface area contributed by atoms with Crippen LogP contribution in [-0.2, 0) is 21.2 Å². The number of nitrogens with zero attached hydrogens (tertiary/aromatic N) is 2. The lowest BCUT2D eigenvalue weighted by molar-refractivity contribution is -0.118. The van der Waals surface area contributed by atoms with Gasteiger partial charge < -0.3 is 0 Å². The zero-order valence-corrected chi connectivity index (χ0v) is 15.8. The molecule has 0 aliphatic carbocycles. The summed E-state index contributed by atoms with van der Waals surface area (Å²) in [5, 5.41) is 4.63. The van der Waals surface area contributed by atoms with Gasteiger partial charge in [0.2, 0.25) is 5.91 Å². The van der Waals surface area contributed by atoms with Crippen LogP contribution in [0.5, 0.6) is 0 Å². The van der Waals surface area contributed by atoms with Gasteiger partial charge in [-0.3, -0.25) is 4.79 Å². The number of benzene rings is 2. The molecule has 0 aliphatic rings. The van der Waals surface area contributed by atoms with Crippen molar-refractivity contribution < 1.29 is 17.6 Å². The summed E-state index contributed by atoms with van der Waals surface area (Å²) >= 11 is 5.75. The van der Waals surface area contributed by atoms with E-state index < -0.39 is 21.7 Å². The smallest absolute Gasteiger partial charge is 0.264 e. The van der Waals surface area contributed by atoms with Crippen molar-refractivity contribution in [2.75, 3.05) is 0 Å². The number of sulfonamides is 1. The third-order valence-electron chi connectivity index (χ3n) is 3.67. The van der Waals surface area contributed by atoms with Crippen molar-refractivity contribution in [2.45, 2.75) is 18.2 Å². The van der Waals surface area contributed by atoms with Gasteiger partial charge in [-0.15, -0.1) is 0 Å². The number of hydrogen-bond donors (Lipinski definition) is 1. The van der Waals surface area contributed by atoms with E-state index in [0.29, 0.717) is 22.1 Å². The second kappa shape index (κ2) is 7.50. The average molecular weight is 408 g/mol. The van der Waals surface area contributed by atoms with Crippen molar-refractivity contribution in [1.82, 2.24) is 14.5 Å². The molecule has 140 valence electrons. The zero-order valence-electron chi connectivity index (χ0n) is 14.2. The molecule has 0 aliphatic heterocycles. The molecule has 0 saturated carbocycles. The van der Waals surface area contributed by atoms with Crippen molar-refractivity contribution in [3.05, 3.63) is 76.8 Å². The summed E-state index contributed by atoms with van der Waals surface area (Å²) < 4.78 is 41.5. The van der Waals surface area contributed by atoms with E-state index in [1.807, 2.05) is 4.72 Å². The first kappa shape index (κ1) is 19.1. The highest BCUT2D eigenvalue weighted by Gasteiger charge is 2.19. The zero-order chi connectivity index (χ0) is 19.6. The van der Waals surface area contributed by atoms with Crippen molar-refractivity contribution in [3.8, 4) is 5.69 Å². The van der Waals surface area contributed by atoms with Gasteiger partial charge in [0.1, 0.15) is 5.82 Å². The molecule has 0 bridgehead atoms. The van der Waals surface area contributed by atoms with Crippen LogP contribution in [0.4, 0.5) is 4.39 Å². The van der Waals surface area contributed by atoms with E-state index in [1.54, 1.807) is 19.1 Å². The molecule has 0 atom stereocenters. The largest absolute Gasteiger partial charge is 0.274 e. The predicted octanol–water partition coefficient (Wildman–Crippen LogP) is 3.02. The predicted molar refractivity (Wildman–Crippen MR) is 98.7 cm³/mol. The Morgan fingerprint density at radius 2 is 1.89 bits per heavy atom. The Bertz CT molecular complexity index is 1100. The minimum absolute atomic E-state index is 0.0740. The van der Waals surface area contributed by atoms with Gasteiger partial charge in [-0.25, -0.2) is 22.2 Å². The van der Waals surface area contributed by atoms with Crippen LogP contribution in [0.15, 0.2) is 59.5 Å². The molecule has 0 saturated heterocycles. The summed E-state index contributed by atoms with van der Waals surface area (Å²) in [6.45, 7) is 1.72. The number of aromatic nitrogens is 2. The second-order valence-electron chi connectivity index (χ2n) is 5.83. The maximum Gasteiger partial charge on any atom is 0.264 e. The molecule has 2 aromatic carbocycles. The summed E-state index contributed by atoms with van der Waals surface area (Å²) in [4.78, 5) is 12.2. The van der Waals surface area contributed by atoms with Gasteiger partial charge in [0, 0.05) is 5.02 Å². The Balaban J connectivity index is 1.82. The first-order chi connectivity index (χ1) is 12.7. The highest BCUT2D eigenvalue weighted by molar-refractivity contribution is 7.90. The maximum absolute atomic E-state index is 13.5. The lowest BCUT2D eigenvalue weighted by Crippen LogP contribution is -2.32. The molecule has 0 fully saturated rings. The molecule has 0 radical (unpaired) electrons. The third kappa shape index (κ3) is 4.53. The first-order valence-electron chi connectivity index (χ1n) is 7.87. The Morgan fingerprint density at radius 1 is 1.19 bits per heavy atom. The molecule has 9 heteroatoms.